The Kier molecular flexibility index (Phi) is 8.32. The van der Waals surface area contributed by atoms with E-state index in [4.69, 9.17) is 4.74 Å². The van der Waals surface area contributed by atoms with Crippen LogP contribution in [0.25, 0.3) is 0 Å². The van der Waals surface area contributed by atoms with E-state index in [1.165, 1.54) is 25.7 Å². The Morgan fingerprint density at radius 2 is 1.67 bits per heavy atom. The lowest BCUT2D eigenvalue weighted by Crippen LogP contribution is -3.00. The van der Waals surface area contributed by atoms with Gasteiger partial charge in [0.05, 0.1) is 20.1 Å². The van der Waals surface area contributed by atoms with Crippen LogP contribution < -0.4 is 17.0 Å². The minimum Gasteiger partial charge on any atom is -1.00 e. The van der Waals surface area contributed by atoms with Gasteiger partial charge in [-0.3, -0.25) is 0 Å². The Morgan fingerprint density at radius 1 is 1.07 bits per heavy atom. The normalized spacial score (nSPS) is 22.3. The van der Waals surface area contributed by atoms with Crippen LogP contribution in [-0.4, -0.2) is 48.8 Å². The van der Waals surface area contributed by atoms with Crippen molar-refractivity contribution in [3.05, 3.63) is 35.9 Å². The van der Waals surface area contributed by atoms with Crippen molar-refractivity contribution in [3.63, 3.8) is 0 Å². The smallest absolute Gasteiger partial charge is 0.343 e. The van der Waals surface area contributed by atoms with Gasteiger partial charge in [0, 0.05) is 5.92 Å². The first-order valence-electron chi connectivity index (χ1n) is 10.3. The molecular formula is C22H34BrNO3. The van der Waals surface area contributed by atoms with Gasteiger partial charge in [-0.05, 0) is 37.7 Å². The second-order valence-corrected chi connectivity index (χ2v) is 8.45. The zero-order valence-corrected chi connectivity index (χ0v) is 18.1. The molecule has 0 amide bonds. The van der Waals surface area contributed by atoms with Crippen LogP contribution in [0.3, 0.4) is 0 Å². The van der Waals surface area contributed by atoms with Crippen LogP contribution in [0.4, 0.5) is 0 Å². The van der Waals surface area contributed by atoms with Gasteiger partial charge in [-0.2, -0.15) is 0 Å². The van der Waals surface area contributed by atoms with Crippen molar-refractivity contribution in [2.75, 3.05) is 33.3 Å². The highest BCUT2D eigenvalue weighted by molar-refractivity contribution is 5.81. The number of benzene rings is 1. The van der Waals surface area contributed by atoms with E-state index < -0.39 is 11.6 Å². The van der Waals surface area contributed by atoms with Crippen molar-refractivity contribution < 1.29 is 36.1 Å². The monoisotopic (exact) mass is 439 g/mol. The predicted molar refractivity (Wildman–Crippen MR) is 103 cm³/mol. The molecular weight excluding hydrogens is 406 g/mol. The maximum atomic E-state index is 13.0. The molecule has 1 aliphatic carbocycles. The second-order valence-electron chi connectivity index (χ2n) is 8.45. The van der Waals surface area contributed by atoms with E-state index in [0.717, 1.165) is 49.8 Å². The fourth-order valence-corrected chi connectivity index (χ4v) is 4.70. The first-order chi connectivity index (χ1) is 12.5. The zero-order chi connectivity index (χ0) is 18.5. The molecule has 27 heavy (non-hydrogen) atoms. The van der Waals surface area contributed by atoms with Crippen molar-refractivity contribution in [2.45, 2.75) is 57.0 Å². The van der Waals surface area contributed by atoms with Gasteiger partial charge < -0.3 is 31.3 Å². The van der Waals surface area contributed by atoms with Gasteiger partial charge in [-0.15, -0.1) is 0 Å². The summed E-state index contributed by atoms with van der Waals surface area (Å²) in [4.78, 5) is 13.0. The number of likely N-dealkylation sites (N-methyl/N-ethyl adjacent to an activating group) is 1. The SMILES string of the molecule is C[N+]1(CCOC(=O)C(O)(c2ccccc2)C2CCCCC2)CCCCC1.[Br-]. The standard InChI is InChI=1S/C22H34NO3.BrH/c1-23(15-9-4-10-16-23)17-18-26-21(24)22(25,19-11-5-2-6-12-19)20-13-7-3-8-14-20;/h2,5-6,11-12,20,25H,3-4,7-10,13-18H2,1H3;1H/q+1;/p-1. The molecule has 0 aromatic heterocycles. The molecule has 1 aromatic rings. The number of hydrogen-bond donors (Lipinski definition) is 1. The number of halogens is 1. The van der Waals surface area contributed by atoms with E-state index in [-0.39, 0.29) is 22.9 Å². The third kappa shape index (κ3) is 5.33. The van der Waals surface area contributed by atoms with E-state index in [0.29, 0.717) is 12.2 Å². The van der Waals surface area contributed by atoms with Crippen LogP contribution >= 0.6 is 0 Å². The van der Waals surface area contributed by atoms with Gasteiger partial charge in [0.2, 0.25) is 0 Å². The lowest BCUT2D eigenvalue weighted by molar-refractivity contribution is -0.914. The highest BCUT2D eigenvalue weighted by atomic mass is 79.9. The fraction of sp³-hybridized carbons (Fsp3) is 0.682. The molecule has 1 heterocycles. The summed E-state index contributed by atoms with van der Waals surface area (Å²) in [7, 11) is 2.25. The summed E-state index contributed by atoms with van der Waals surface area (Å²) >= 11 is 0. The van der Waals surface area contributed by atoms with Gasteiger partial charge in [-0.1, -0.05) is 49.6 Å². The summed E-state index contributed by atoms with van der Waals surface area (Å²) in [6.45, 7) is 3.53. The minimum absolute atomic E-state index is 0. The minimum atomic E-state index is -1.51. The molecule has 1 aromatic carbocycles. The number of carbonyl (C=O) groups excluding carboxylic acids is 1. The van der Waals surface area contributed by atoms with Crippen molar-refractivity contribution >= 4 is 5.97 Å². The molecule has 4 nitrogen and oxygen atoms in total. The fourth-order valence-electron chi connectivity index (χ4n) is 4.70. The largest absolute Gasteiger partial charge is 1.00 e. The number of piperidine rings is 1. The van der Waals surface area contributed by atoms with E-state index in [9.17, 15) is 9.90 Å². The van der Waals surface area contributed by atoms with Crippen LogP contribution in [0, 0.1) is 5.92 Å². The Morgan fingerprint density at radius 3 is 2.30 bits per heavy atom. The van der Waals surface area contributed by atoms with Crippen LogP contribution in [0.2, 0.25) is 0 Å². The molecule has 1 N–H and O–H groups in total. The van der Waals surface area contributed by atoms with Crippen molar-refractivity contribution in [2.24, 2.45) is 5.92 Å². The Bertz CT molecular complexity index is 582. The lowest BCUT2D eigenvalue weighted by atomic mass is 9.73. The lowest BCUT2D eigenvalue weighted by Gasteiger charge is -2.39. The molecule has 1 unspecified atom stereocenters. The predicted octanol–water partition coefficient (Wildman–Crippen LogP) is 0.632. The van der Waals surface area contributed by atoms with Gasteiger partial charge in [-0.25, -0.2) is 4.79 Å². The van der Waals surface area contributed by atoms with Crippen molar-refractivity contribution in [1.82, 2.24) is 0 Å². The molecule has 1 aliphatic heterocycles. The average Bonchev–Trinajstić information content (AvgIpc) is 2.69. The highest BCUT2D eigenvalue weighted by Crippen LogP contribution is 2.40. The Balaban J connectivity index is 0.00000261. The number of hydrogen-bond acceptors (Lipinski definition) is 3. The molecule has 3 rings (SSSR count). The summed E-state index contributed by atoms with van der Waals surface area (Å²) in [5.41, 5.74) is -0.836. The first kappa shape index (κ1) is 22.4. The molecule has 0 bridgehead atoms. The van der Waals surface area contributed by atoms with Crippen molar-refractivity contribution in [3.8, 4) is 0 Å². The Labute approximate surface area is 174 Å². The molecule has 0 spiro atoms. The van der Waals surface area contributed by atoms with Gasteiger partial charge in [0.1, 0.15) is 13.2 Å². The van der Waals surface area contributed by atoms with Gasteiger partial charge >= 0.3 is 5.97 Å². The van der Waals surface area contributed by atoms with E-state index >= 15 is 0 Å². The number of esters is 1. The van der Waals surface area contributed by atoms with E-state index in [1.807, 2.05) is 30.3 Å². The quantitative estimate of drug-likeness (QED) is 0.522. The summed E-state index contributed by atoms with van der Waals surface area (Å²) < 4.78 is 6.65. The summed E-state index contributed by atoms with van der Waals surface area (Å²) in [6.07, 6.45) is 8.91. The maximum Gasteiger partial charge on any atom is 0.343 e. The zero-order valence-electron chi connectivity index (χ0n) is 16.5. The van der Waals surface area contributed by atoms with Crippen LogP contribution in [0.5, 0.6) is 0 Å². The van der Waals surface area contributed by atoms with Crippen LogP contribution in [0.1, 0.15) is 56.9 Å². The second kappa shape index (κ2) is 10.0. The summed E-state index contributed by atoms with van der Waals surface area (Å²) in [5.74, 6) is -0.509. The number of aliphatic hydroxyl groups is 1. The molecule has 1 atom stereocenters. The number of rotatable bonds is 6. The molecule has 5 heteroatoms. The molecule has 1 saturated carbocycles. The van der Waals surface area contributed by atoms with Crippen molar-refractivity contribution in [1.29, 1.82) is 0 Å². The third-order valence-electron chi connectivity index (χ3n) is 6.48. The third-order valence-corrected chi connectivity index (χ3v) is 6.48. The summed E-state index contributed by atoms with van der Waals surface area (Å²) in [6, 6.07) is 9.40. The summed E-state index contributed by atoms with van der Waals surface area (Å²) in [5, 5.41) is 11.5. The molecule has 152 valence electrons. The van der Waals surface area contributed by atoms with Crippen LogP contribution in [0.15, 0.2) is 30.3 Å². The topological polar surface area (TPSA) is 46.5 Å². The number of ether oxygens (including phenoxy) is 1. The molecule has 2 aliphatic rings. The van der Waals surface area contributed by atoms with Gasteiger partial charge in [0.25, 0.3) is 0 Å². The number of carbonyl (C=O) groups is 1. The number of quaternary nitrogens is 1. The van der Waals surface area contributed by atoms with Crippen LogP contribution in [-0.2, 0) is 15.1 Å². The maximum absolute atomic E-state index is 13.0. The average molecular weight is 440 g/mol. The molecule has 0 radical (unpaired) electrons. The number of likely N-dealkylation sites (tertiary alicyclic amines) is 1. The first-order valence-corrected chi connectivity index (χ1v) is 10.3. The highest BCUT2D eigenvalue weighted by Gasteiger charge is 2.47. The van der Waals surface area contributed by atoms with Gasteiger partial charge in [0.15, 0.2) is 5.60 Å². The Hall–Kier alpha value is -0.910. The van der Waals surface area contributed by atoms with E-state index in [2.05, 4.69) is 7.05 Å². The number of nitrogens with zero attached hydrogens (tertiary/aromatic N) is 1. The molecule has 2 fully saturated rings. The molecule has 1 saturated heterocycles. The van der Waals surface area contributed by atoms with E-state index in [1.54, 1.807) is 0 Å².